The van der Waals surface area contributed by atoms with E-state index in [-0.39, 0.29) is 17.8 Å². The van der Waals surface area contributed by atoms with Crippen LogP contribution in [0.4, 0.5) is 4.39 Å². The average Bonchev–Trinajstić information content (AvgIpc) is 2.17. The van der Waals surface area contributed by atoms with Gasteiger partial charge in [-0.3, -0.25) is 4.79 Å². The lowest BCUT2D eigenvalue weighted by Gasteiger charge is -2.05. The number of hydrogen-bond donors (Lipinski definition) is 0. The second-order valence-electron chi connectivity index (χ2n) is 3.30. The van der Waals surface area contributed by atoms with Gasteiger partial charge < -0.3 is 0 Å². The highest BCUT2D eigenvalue weighted by Crippen LogP contribution is 2.22. The molecule has 0 unspecified atom stereocenters. The molecule has 0 aliphatic rings. The van der Waals surface area contributed by atoms with Crippen LogP contribution in [0.3, 0.4) is 0 Å². The van der Waals surface area contributed by atoms with Crippen LogP contribution in [0.1, 0.15) is 30.1 Å². The molecule has 0 heterocycles. The van der Waals surface area contributed by atoms with Crippen molar-refractivity contribution in [2.75, 3.05) is 0 Å². The zero-order valence-corrected chi connectivity index (χ0v) is 10.1. The number of hydrogen-bond acceptors (Lipinski definition) is 1. The summed E-state index contributed by atoms with van der Waals surface area (Å²) in [5, 5.41) is 0. The van der Waals surface area contributed by atoms with Gasteiger partial charge in [-0.2, -0.15) is 0 Å². The first-order valence-corrected chi connectivity index (χ1v) is 5.49. The summed E-state index contributed by atoms with van der Waals surface area (Å²) in [5.41, 5.74) is 0.933. The van der Waals surface area contributed by atoms with Crippen LogP contribution >= 0.6 is 15.9 Å². The van der Waals surface area contributed by atoms with Crippen molar-refractivity contribution in [1.82, 2.24) is 0 Å². The van der Waals surface area contributed by atoms with Gasteiger partial charge in [-0.15, -0.1) is 0 Å². The fourth-order valence-electron chi connectivity index (χ4n) is 1.20. The van der Waals surface area contributed by atoms with E-state index < -0.39 is 5.82 Å². The summed E-state index contributed by atoms with van der Waals surface area (Å²) < 4.78 is 13.9. The van der Waals surface area contributed by atoms with E-state index in [2.05, 4.69) is 22.5 Å². The number of carbonyl (C=O) groups excluding carboxylic acids is 1. The fourth-order valence-corrected chi connectivity index (χ4v) is 1.77. The van der Waals surface area contributed by atoms with Gasteiger partial charge in [0.25, 0.3) is 0 Å². The maximum absolute atomic E-state index is 13.4. The Hall–Kier alpha value is -0.960. The molecule has 3 heteroatoms. The first-order chi connectivity index (χ1) is 7.06. The fraction of sp³-hybridized carbons (Fsp3) is 0.250. The number of halogens is 2. The van der Waals surface area contributed by atoms with E-state index in [4.69, 9.17) is 0 Å². The monoisotopic (exact) mass is 270 g/mol. The Kier molecular flexibility index (Phi) is 4.21. The first-order valence-electron chi connectivity index (χ1n) is 4.70. The van der Waals surface area contributed by atoms with Crippen molar-refractivity contribution in [2.45, 2.75) is 19.8 Å². The Morgan fingerprint density at radius 2 is 2.20 bits per heavy atom. The number of allylic oxidation sites excluding steroid dienone is 1. The summed E-state index contributed by atoms with van der Waals surface area (Å²) in [7, 11) is 0. The zero-order chi connectivity index (χ0) is 11.4. The van der Waals surface area contributed by atoms with Crippen LogP contribution in [-0.2, 0) is 0 Å². The maximum atomic E-state index is 13.4. The second kappa shape index (κ2) is 5.21. The molecule has 0 saturated carbocycles. The molecule has 0 amide bonds. The lowest BCUT2D eigenvalue weighted by Crippen LogP contribution is -2.04. The Balaban J connectivity index is 2.96. The Morgan fingerprint density at radius 1 is 1.53 bits per heavy atom. The van der Waals surface area contributed by atoms with Crippen molar-refractivity contribution in [2.24, 2.45) is 0 Å². The summed E-state index contributed by atoms with van der Waals surface area (Å²) >= 11 is 3.17. The number of benzene rings is 1. The lowest BCUT2D eigenvalue weighted by molar-refractivity contribution is 0.0987. The SMILES string of the molecule is C=C(CC)CC(=O)c1c(F)cccc1Br. The van der Waals surface area contributed by atoms with E-state index in [0.29, 0.717) is 4.47 Å². The highest BCUT2D eigenvalue weighted by molar-refractivity contribution is 9.10. The van der Waals surface area contributed by atoms with Crippen LogP contribution in [-0.4, -0.2) is 5.78 Å². The molecule has 15 heavy (non-hydrogen) atoms. The van der Waals surface area contributed by atoms with Crippen molar-refractivity contribution in [3.8, 4) is 0 Å². The summed E-state index contributed by atoms with van der Waals surface area (Å²) in [6.07, 6.45) is 0.938. The molecule has 0 bridgehead atoms. The standard InChI is InChI=1S/C12H12BrFO/c1-3-8(2)7-11(15)12-9(13)5-4-6-10(12)14/h4-6H,2-3,7H2,1H3. The molecule has 0 saturated heterocycles. The molecule has 1 rings (SSSR count). The average molecular weight is 271 g/mol. The second-order valence-corrected chi connectivity index (χ2v) is 4.15. The molecule has 0 atom stereocenters. The van der Waals surface area contributed by atoms with E-state index in [1.165, 1.54) is 6.07 Å². The number of ketones is 1. The van der Waals surface area contributed by atoms with E-state index >= 15 is 0 Å². The first kappa shape index (κ1) is 12.1. The third kappa shape index (κ3) is 2.99. The van der Waals surface area contributed by atoms with Crippen LogP contribution in [0.2, 0.25) is 0 Å². The van der Waals surface area contributed by atoms with Crippen LogP contribution in [0.15, 0.2) is 34.8 Å². The molecule has 80 valence electrons. The molecule has 0 radical (unpaired) electrons. The van der Waals surface area contributed by atoms with Crippen molar-refractivity contribution in [3.63, 3.8) is 0 Å². The molecule has 1 aromatic rings. The van der Waals surface area contributed by atoms with Gasteiger partial charge in [0.05, 0.1) is 5.56 Å². The molecule has 1 nitrogen and oxygen atoms in total. The predicted molar refractivity (Wildman–Crippen MR) is 62.5 cm³/mol. The minimum Gasteiger partial charge on any atom is -0.294 e. The summed E-state index contributed by atoms with van der Waals surface area (Å²) in [4.78, 5) is 11.7. The molecular weight excluding hydrogens is 259 g/mol. The quantitative estimate of drug-likeness (QED) is 0.594. The highest BCUT2D eigenvalue weighted by atomic mass is 79.9. The van der Waals surface area contributed by atoms with E-state index in [1.54, 1.807) is 12.1 Å². The minimum absolute atomic E-state index is 0.118. The molecule has 0 spiro atoms. The Bertz CT molecular complexity index is 378. The normalized spacial score (nSPS) is 10.1. The molecule has 0 aliphatic carbocycles. The van der Waals surface area contributed by atoms with Crippen LogP contribution in [0.25, 0.3) is 0 Å². The Morgan fingerprint density at radius 3 is 2.73 bits per heavy atom. The lowest BCUT2D eigenvalue weighted by atomic mass is 10.0. The number of Topliss-reactive ketones (excluding diaryl/α,β-unsaturated/α-hetero) is 1. The van der Waals surface area contributed by atoms with Gasteiger partial charge in [0, 0.05) is 10.9 Å². The number of carbonyl (C=O) groups is 1. The zero-order valence-electron chi connectivity index (χ0n) is 8.52. The minimum atomic E-state index is -0.488. The predicted octanol–water partition coefficient (Wildman–Crippen LogP) is 4.13. The molecule has 0 fully saturated rings. The van der Waals surface area contributed by atoms with Gasteiger partial charge in [0.2, 0.25) is 0 Å². The third-order valence-corrected chi connectivity index (χ3v) is 2.81. The Labute approximate surface area is 97.1 Å². The van der Waals surface area contributed by atoms with Crippen LogP contribution < -0.4 is 0 Å². The van der Waals surface area contributed by atoms with Gasteiger partial charge >= 0.3 is 0 Å². The van der Waals surface area contributed by atoms with Crippen LogP contribution in [0.5, 0.6) is 0 Å². The molecule has 0 aliphatic heterocycles. The van der Waals surface area contributed by atoms with Crippen LogP contribution in [0, 0.1) is 5.82 Å². The van der Waals surface area contributed by atoms with E-state index in [9.17, 15) is 9.18 Å². The van der Waals surface area contributed by atoms with Crippen molar-refractivity contribution >= 4 is 21.7 Å². The van der Waals surface area contributed by atoms with E-state index in [1.807, 2.05) is 6.92 Å². The largest absolute Gasteiger partial charge is 0.294 e. The van der Waals surface area contributed by atoms with Crippen molar-refractivity contribution in [3.05, 3.63) is 46.2 Å². The summed E-state index contributed by atoms with van der Waals surface area (Å²) in [6.45, 7) is 5.66. The van der Waals surface area contributed by atoms with Crippen molar-refractivity contribution in [1.29, 1.82) is 0 Å². The smallest absolute Gasteiger partial charge is 0.170 e. The molecule has 1 aromatic carbocycles. The highest BCUT2D eigenvalue weighted by Gasteiger charge is 2.15. The van der Waals surface area contributed by atoms with Gasteiger partial charge in [0.1, 0.15) is 5.82 Å². The van der Waals surface area contributed by atoms with Crippen molar-refractivity contribution < 1.29 is 9.18 Å². The van der Waals surface area contributed by atoms with Gasteiger partial charge in [-0.25, -0.2) is 4.39 Å². The topological polar surface area (TPSA) is 17.1 Å². The molecule has 0 N–H and O–H groups in total. The van der Waals surface area contributed by atoms with Gasteiger partial charge in [-0.05, 0) is 34.5 Å². The molecule has 0 aromatic heterocycles. The van der Waals surface area contributed by atoms with Gasteiger partial charge in [-0.1, -0.05) is 25.1 Å². The maximum Gasteiger partial charge on any atom is 0.170 e. The number of rotatable bonds is 4. The van der Waals surface area contributed by atoms with Gasteiger partial charge in [0.15, 0.2) is 5.78 Å². The summed E-state index contributed by atoms with van der Waals surface area (Å²) in [5.74, 6) is -0.717. The molecular formula is C12H12BrFO. The third-order valence-electron chi connectivity index (χ3n) is 2.15. The summed E-state index contributed by atoms with van der Waals surface area (Å²) in [6, 6.07) is 4.50. The van der Waals surface area contributed by atoms with E-state index in [0.717, 1.165) is 12.0 Å².